The van der Waals surface area contributed by atoms with Crippen LogP contribution in [-0.2, 0) is 9.59 Å². The van der Waals surface area contributed by atoms with Crippen LogP contribution in [-0.4, -0.2) is 24.0 Å². The highest BCUT2D eigenvalue weighted by Gasteiger charge is 2.19. The summed E-state index contributed by atoms with van der Waals surface area (Å²) < 4.78 is 24.2. The van der Waals surface area contributed by atoms with Crippen molar-refractivity contribution in [2.45, 2.75) is 26.1 Å². The monoisotopic (exact) mass is 371 g/mol. The van der Waals surface area contributed by atoms with E-state index in [2.05, 4.69) is 10.9 Å². The second-order valence-corrected chi connectivity index (χ2v) is 5.57. The van der Waals surface area contributed by atoms with Crippen molar-refractivity contribution in [3.8, 4) is 17.6 Å². The molecule has 2 aromatic rings. The largest absolute Gasteiger partial charge is 0.481 e. The van der Waals surface area contributed by atoms with Crippen LogP contribution < -0.4 is 20.3 Å². The van der Waals surface area contributed by atoms with Crippen LogP contribution in [0.4, 0.5) is 4.39 Å². The number of hydrazine groups is 1. The van der Waals surface area contributed by atoms with Gasteiger partial charge >= 0.3 is 0 Å². The molecule has 2 atom stereocenters. The molecule has 7 nitrogen and oxygen atoms in total. The summed E-state index contributed by atoms with van der Waals surface area (Å²) in [5, 5.41) is 8.75. The first kappa shape index (κ1) is 19.7. The van der Waals surface area contributed by atoms with Gasteiger partial charge in [-0.2, -0.15) is 5.26 Å². The van der Waals surface area contributed by atoms with Gasteiger partial charge in [-0.3, -0.25) is 20.4 Å². The molecule has 140 valence electrons. The van der Waals surface area contributed by atoms with Crippen LogP contribution in [0, 0.1) is 17.1 Å². The molecule has 0 bridgehead atoms. The molecule has 27 heavy (non-hydrogen) atoms. The SMILES string of the molecule is C[C@H](Oc1ccc(C#N)cc1)C(=O)NNC(=O)[C@H](C)Oc1ccccc1F. The summed E-state index contributed by atoms with van der Waals surface area (Å²) in [4.78, 5) is 24.0. The maximum atomic E-state index is 13.5. The van der Waals surface area contributed by atoms with Gasteiger partial charge in [0.1, 0.15) is 5.75 Å². The lowest BCUT2D eigenvalue weighted by atomic mass is 10.2. The molecule has 0 aliphatic carbocycles. The predicted octanol–water partition coefficient (Wildman–Crippen LogP) is 2.08. The Morgan fingerprint density at radius 1 is 0.963 bits per heavy atom. The summed E-state index contributed by atoms with van der Waals surface area (Å²) in [5.41, 5.74) is 4.88. The van der Waals surface area contributed by atoms with Gasteiger partial charge < -0.3 is 9.47 Å². The number of halogens is 1. The number of nitrogens with one attached hydrogen (secondary N) is 2. The number of para-hydroxylation sites is 1. The lowest BCUT2D eigenvalue weighted by Crippen LogP contribution is -2.50. The lowest BCUT2D eigenvalue weighted by Gasteiger charge is -2.18. The molecule has 0 saturated heterocycles. The standard InChI is InChI=1S/C19H18FN3O4/c1-12(26-15-9-7-14(11-21)8-10-15)18(24)22-23-19(25)13(2)27-17-6-4-3-5-16(17)20/h3-10,12-13H,1-2H3,(H,22,24)(H,23,25)/t12-,13-/m0/s1. The Kier molecular flexibility index (Phi) is 6.72. The first-order chi connectivity index (χ1) is 12.9. The third-order valence-electron chi connectivity index (χ3n) is 3.48. The van der Waals surface area contributed by atoms with E-state index in [0.717, 1.165) is 0 Å². The summed E-state index contributed by atoms with van der Waals surface area (Å²) >= 11 is 0. The van der Waals surface area contributed by atoms with Gasteiger partial charge in [-0.05, 0) is 50.2 Å². The molecule has 0 heterocycles. The number of carbonyl (C=O) groups is 2. The highest BCUT2D eigenvalue weighted by molar-refractivity contribution is 5.86. The molecule has 0 fully saturated rings. The molecule has 2 N–H and O–H groups in total. The number of hydrogen-bond donors (Lipinski definition) is 2. The summed E-state index contributed by atoms with van der Waals surface area (Å²) in [5.74, 6) is -1.50. The van der Waals surface area contributed by atoms with Crippen LogP contribution in [0.15, 0.2) is 48.5 Å². The minimum absolute atomic E-state index is 0.0657. The fourth-order valence-corrected chi connectivity index (χ4v) is 1.98. The number of nitriles is 1. The highest BCUT2D eigenvalue weighted by atomic mass is 19.1. The molecular formula is C19H18FN3O4. The van der Waals surface area contributed by atoms with E-state index in [-0.39, 0.29) is 5.75 Å². The summed E-state index contributed by atoms with van der Waals surface area (Å²) in [7, 11) is 0. The lowest BCUT2D eigenvalue weighted by molar-refractivity contribution is -0.135. The number of benzene rings is 2. The van der Waals surface area contributed by atoms with E-state index in [1.165, 1.54) is 32.0 Å². The number of amides is 2. The molecule has 2 rings (SSSR count). The summed E-state index contributed by atoms with van der Waals surface area (Å²) in [6.45, 7) is 2.92. The maximum Gasteiger partial charge on any atom is 0.279 e. The second kappa shape index (κ2) is 9.20. The Balaban J connectivity index is 1.81. The quantitative estimate of drug-likeness (QED) is 0.757. The Morgan fingerprint density at radius 2 is 1.52 bits per heavy atom. The van der Waals surface area contributed by atoms with Gasteiger partial charge in [-0.15, -0.1) is 0 Å². The van der Waals surface area contributed by atoms with Crippen molar-refractivity contribution in [2.75, 3.05) is 0 Å². The maximum absolute atomic E-state index is 13.5. The Labute approximate surface area is 155 Å². The predicted molar refractivity (Wildman–Crippen MR) is 94.0 cm³/mol. The van der Waals surface area contributed by atoms with Crippen molar-refractivity contribution in [2.24, 2.45) is 0 Å². The average Bonchev–Trinajstić information content (AvgIpc) is 2.68. The van der Waals surface area contributed by atoms with Gasteiger partial charge in [0, 0.05) is 0 Å². The van der Waals surface area contributed by atoms with Gasteiger partial charge in [0.15, 0.2) is 23.8 Å². The Morgan fingerprint density at radius 3 is 2.07 bits per heavy atom. The van der Waals surface area contributed by atoms with Gasteiger partial charge in [-0.1, -0.05) is 12.1 Å². The Hall–Kier alpha value is -3.60. The van der Waals surface area contributed by atoms with Crippen molar-refractivity contribution >= 4 is 11.8 Å². The van der Waals surface area contributed by atoms with E-state index >= 15 is 0 Å². The molecule has 0 unspecified atom stereocenters. The fraction of sp³-hybridized carbons (Fsp3) is 0.211. The van der Waals surface area contributed by atoms with Crippen LogP contribution in [0.2, 0.25) is 0 Å². The van der Waals surface area contributed by atoms with Gasteiger partial charge in [0.2, 0.25) is 0 Å². The van der Waals surface area contributed by atoms with Crippen LogP contribution >= 0.6 is 0 Å². The first-order valence-electron chi connectivity index (χ1n) is 8.08. The van der Waals surface area contributed by atoms with E-state index in [1.807, 2.05) is 6.07 Å². The van der Waals surface area contributed by atoms with Crippen LogP contribution in [0.25, 0.3) is 0 Å². The zero-order valence-corrected chi connectivity index (χ0v) is 14.7. The minimum Gasteiger partial charge on any atom is -0.481 e. The van der Waals surface area contributed by atoms with E-state index in [1.54, 1.807) is 30.3 Å². The number of carbonyl (C=O) groups excluding carboxylic acids is 2. The molecule has 0 aromatic heterocycles. The first-order valence-corrected chi connectivity index (χ1v) is 8.08. The third-order valence-corrected chi connectivity index (χ3v) is 3.48. The number of rotatable bonds is 6. The van der Waals surface area contributed by atoms with Gasteiger partial charge in [-0.25, -0.2) is 4.39 Å². The van der Waals surface area contributed by atoms with E-state index < -0.39 is 29.8 Å². The van der Waals surface area contributed by atoms with Crippen molar-refractivity contribution < 1.29 is 23.5 Å². The smallest absolute Gasteiger partial charge is 0.279 e. The molecule has 2 aromatic carbocycles. The van der Waals surface area contributed by atoms with Crippen molar-refractivity contribution in [3.63, 3.8) is 0 Å². The molecule has 0 aliphatic heterocycles. The van der Waals surface area contributed by atoms with Crippen LogP contribution in [0.3, 0.4) is 0 Å². The second-order valence-electron chi connectivity index (χ2n) is 5.57. The normalized spacial score (nSPS) is 12.2. The van der Waals surface area contributed by atoms with E-state index in [0.29, 0.717) is 11.3 Å². The topological polar surface area (TPSA) is 100 Å². The van der Waals surface area contributed by atoms with E-state index in [9.17, 15) is 14.0 Å². The fourth-order valence-electron chi connectivity index (χ4n) is 1.98. The zero-order valence-electron chi connectivity index (χ0n) is 14.7. The summed E-state index contributed by atoms with van der Waals surface area (Å²) in [6, 6.07) is 13.9. The van der Waals surface area contributed by atoms with Crippen molar-refractivity contribution in [1.29, 1.82) is 5.26 Å². The molecule has 0 saturated carbocycles. The number of hydrogen-bond acceptors (Lipinski definition) is 5. The molecule has 0 radical (unpaired) electrons. The summed E-state index contributed by atoms with van der Waals surface area (Å²) in [6.07, 6.45) is -1.93. The van der Waals surface area contributed by atoms with Crippen LogP contribution in [0.5, 0.6) is 11.5 Å². The zero-order chi connectivity index (χ0) is 19.8. The average molecular weight is 371 g/mol. The molecule has 0 aliphatic rings. The number of ether oxygens (including phenoxy) is 2. The molecule has 2 amide bonds. The highest BCUT2D eigenvalue weighted by Crippen LogP contribution is 2.17. The molecular weight excluding hydrogens is 353 g/mol. The van der Waals surface area contributed by atoms with Crippen molar-refractivity contribution in [1.82, 2.24) is 10.9 Å². The molecule has 0 spiro atoms. The molecule has 8 heteroatoms. The van der Waals surface area contributed by atoms with Gasteiger partial charge in [0.05, 0.1) is 11.6 Å². The Bertz CT molecular complexity index is 849. The van der Waals surface area contributed by atoms with Gasteiger partial charge in [0.25, 0.3) is 11.8 Å². The third kappa shape index (κ3) is 5.71. The van der Waals surface area contributed by atoms with Crippen LogP contribution in [0.1, 0.15) is 19.4 Å². The van der Waals surface area contributed by atoms with E-state index in [4.69, 9.17) is 14.7 Å². The van der Waals surface area contributed by atoms with Crippen molar-refractivity contribution in [3.05, 3.63) is 59.9 Å². The minimum atomic E-state index is -1.03. The number of nitrogens with zero attached hydrogens (tertiary/aromatic N) is 1.